The molecule has 0 unspecified atom stereocenters. The molecule has 1 aliphatic heterocycles. The number of nitriles is 1. The summed E-state index contributed by atoms with van der Waals surface area (Å²) in [4.78, 5) is 16.4. The lowest BCUT2D eigenvalue weighted by atomic mass is 10.1. The Bertz CT molecular complexity index is 994. The van der Waals surface area contributed by atoms with Gasteiger partial charge in [-0.3, -0.25) is 4.79 Å². The molecule has 7 nitrogen and oxygen atoms in total. The second-order valence-corrected chi connectivity index (χ2v) is 7.22. The smallest absolute Gasteiger partial charge is 0.277 e. The van der Waals surface area contributed by atoms with Gasteiger partial charge < -0.3 is 14.5 Å². The maximum absolute atomic E-state index is 14.7. The number of piperazine rings is 1. The Kier molecular flexibility index (Phi) is 7.57. The maximum atomic E-state index is 14.7. The van der Waals surface area contributed by atoms with Crippen molar-refractivity contribution in [2.24, 2.45) is 5.10 Å². The minimum atomic E-state index is -0.474. The molecule has 0 spiro atoms. The summed E-state index contributed by atoms with van der Waals surface area (Å²) >= 11 is 0. The summed E-state index contributed by atoms with van der Waals surface area (Å²) in [5.74, 6) is -0.448. The first-order chi connectivity index (χ1) is 15.0. The van der Waals surface area contributed by atoms with Gasteiger partial charge in [0.05, 0.1) is 17.0 Å². The van der Waals surface area contributed by atoms with E-state index >= 15 is 0 Å². The normalized spacial score (nSPS) is 14.8. The van der Waals surface area contributed by atoms with Gasteiger partial charge in [0.25, 0.3) is 5.91 Å². The van der Waals surface area contributed by atoms with Crippen molar-refractivity contribution in [2.45, 2.75) is 13.8 Å². The number of rotatable bonds is 7. The molecule has 162 valence electrons. The standard InChI is InChI=1S/C23H26FN5O2/c1-3-28-10-12-29(13-11-28)21-9-8-18(14-20(21)24)17(2)26-27-23(30)16-31-22-7-5-4-6-19(22)15-25/h4-9,14H,3,10-13,16H2,1-2H3,(H,27,30)/b26-17-. The number of amides is 1. The highest BCUT2D eigenvalue weighted by Gasteiger charge is 2.19. The molecule has 1 aliphatic rings. The molecule has 1 amide bonds. The lowest BCUT2D eigenvalue weighted by Crippen LogP contribution is -2.46. The minimum absolute atomic E-state index is 0.285. The third-order valence-corrected chi connectivity index (χ3v) is 5.24. The first kappa shape index (κ1) is 22.2. The van der Waals surface area contributed by atoms with Crippen LogP contribution in [0.5, 0.6) is 5.75 Å². The predicted molar refractivity (Wildman–Crippen MR) is 118 cm³/mol. The highest BCUT2D eigenvalue weighted by Crippen LogP contribution is 2.22. The molecular weight excluding hydrogens is 397 g/mol. The van der Waals surface area contributed by atoms with E-state index in [0.29, 0.717) is 28.3 Å². The van der Waals surface area contributed by atoms with Gasteiger partial charge in [0.2, 0.25) is 0 Å². The average Bonchev–Trinajstić information content (AvgIpc) is 2.81. The largest absolute Gasteiger partial charge is 0.482 e. The zero-order valence-corrected chi connectivity index (χ0v) is 17.8. The topological polar surface area (TPSA) is 81.0 Å². The van der Waals surface area contributed by atoms with Crippen molar-refractivity contribution in [3.05, 3.63) is 59.4 Å². The second kappa shape index (κ2) is 10.5. The van der Waals surface area contributed by atoms with Crippen molar-refractivity contribution in [2.75, 3.05) is 44.2 Å². The van der Waals surface area contributed by atoms with E-state index in [9.17, 15) is 9.18 Å². The van der Waals surface area contributed by atoms with Crippen molar-refractivity contribution < 1.29 is 13.9 Å². The molecule has 0 atom stereocenters. The predicted octanol–water partition coefficient (Wildman–Crippen LogP) is 2.76. The van der Waals surface area contributed by atoms with Crippen molar-refractivity contribution >= 4 is 17.3 Å². The summed E-state index contributed by atoms with van der Waals surface area (Å²) in [5, 5.41) is 13.1. The summed E-state index contributed by atoms with van der Waals surface area (Å²) in [6.07, 6.45) is 0. The Morgan fingerprint density at radius 1 is 1.23 bits per heavy atom. The van der Waals surface area contributed by atoms with Crippen LogP contribution in [0, 0.1) is 17.1 Å². The van der Waals surface area contributed by atoms with Crippen molar-refractivity contribution in [3.8, 4) is 11.8 Å². The number of hydrazone groups is 1. The quantitative estimate of drug-likeness (QED) is 0.547. The van der Waals surface area contributed by atoms with Crippen LogP contribution >= 0.6 is 0 Å². The molecule has 0 aliphatic carbocycles. The molecular formula is C23H26FN5O2. The third-order valence-electron chi connectivity index (χ3n) is 5.24. The minimum Gasteiger partial charge on any atom is -0.482 e. The summed E-state index contributed by atoms with van der Waals surface area (Å²) in [6.45, 7) is 7.98. The molecule has 0 bridgehead atoms. The zero-order valence-electron chi connectivity index (χ0n) is 17.8. The Hall–Kier alpha value is -3.44. The number of nitrogens with zero attached hydrogens (tertiary/aromatic N) is 4. The molecule has 2 aromatic rings. The van der Waals surface area contributed by atoms with Crippen LogP contribution in [-0.4, -0.2) is 55.8 Å². The van der Waals surface area contributed by atoms with Gasteiger partial charge >= 0.3 is 0 Å². The van der Waals surface area contributed by atoms with Gasteiger partial charge in [-0.1, -0.05) is 25.1 Å². The number of carbonyl (C=O) groups is 1. The Morgan fingerprint density at radius 3 is 2.65 bits per heavy atom. The molecule has 1 heterocycles. The lowest BCUT2D eigenvalue weighted by Gasteiger charge is -2.35. The molecule has 1 saturated heterocycles. The lowest BCUT2D eigenvalue weighted by molar-refractivity contribution is -0.123. The average molecular weight is 423 g/mol. The van der Waals surface area contributed by atoms with Gasteiger partial charge in [0.1, 0.15) is 17.6 Å². The summed E-state index contributed by atoms with van der Waals surface area (Å²) in [7, 11) is 0. The maximum Gasteiger partial charge on any atom is 0.277 e. The van der Waals surface area contributed by atoms with E-state index < -0.39 is 5.91 Å². The number of hydrogen-bond donors (Lipinski definition) is 1. The monoisotopic (exact) mass is 423 g/mol. The number of halogens is 1. The zero-order chi connectivity index (χ0) is 22.2. The Balaban J connectivity index is 1.57. The van der Waals surface area contributed by atoms with Gasteiger partial charge in [-0.15, -0.1) is 0 Å². The molecule has 0 radical (unpaired) electrons. The van der Waals surface area contributed by atoms with E-state index in [1.165, 1.54) is 6.07 Å². The fraction of sp³-hybridized carbons (Fsp3) is 0.348. The van der Waals surface area contributed by atoms with Crippen LogP contribution in [0.15, 0.2) is 47.6 Å². The van der Waals surface area contributed by atoms with Crippen LogP contribution in [0.3, 0.4) is 0 Å². The van der Waals surface area contributed by atoms with Crippen LogP contribution in [0.1, 0.15) is 25.0 Å². The molecule has 0 saturated carbocycles. The van der Waals surface area contributed by atoms with Crippen LogP contribution in [0.2, 0.25) is 0 Å². The van der Waals surface area contributed by atoms with E-state index in [0.717, 1.165) is 32.7 Å². The van der Waals surface area contributed by atoms with Crippen molar-refractivity contribution in [1.29, 1.82) is 5.26 Å². The van der Waals surface area contributed by atoms with E-state index in [2.05, 4.69) is 27.3 Å². The summed E-state index contributed by atoms with van der Waals surface area (Å²) in [6, 6.07) is 13.7. The Morgan fingerprint density at radius 2 is 1.97 bits per heavy atom. The van der Waals surface area contributed by atoms with Gasteiger partial charge in [-0.05, 0) is 37.7 Å². The van der Waals surface area contributed by atoms with Crippen LogP contribution in [0.25, 0.3) is 0 Å². The number of para-hydroxylation sites is 1. The fourth-order valence-corrected chi connectivity index (χ4v) is 3.36. The van der Waals surface area contributed by atoms with Gasteiger partial charge in [0, 0.05) is 31.7 Å². The molecule has 3 rings (SSSR count). The summed E-state index contributed by atoms with van der Waals surface area (Å²) in [5.41, 5.74) is 4.40. The van der Waals surface area contributed by atoms with Crippen LogP contribution in [-0.2, 0) is 4.79 Å². The first-order valence-corrected chi connectivity index (χ1v) is 10.2. The number of nitrogens with one attached hydrogen (secondary N) is 1. The number of anilines is 1. The highest BCUT2D eigenvalue weighted by atomic mass is 19.1. The summed E-state index contributed by atoms with van der Waals surface area (Å²) < 4.78 is 20.1. The number of hydrogen-bond acceptors (Lipinski definition) is 6. The highest BCUT2D eigenvalue weighted by molar-refractivity contribution is 5.99. The fourth-order valence-electron chi connectivity index (χ4n) is 3.36. The second-order valence-electron chi connectivity index (χ2n) is 7.22. The molecule has 1 fully saturated rings. The molecule has 1 N–H and O–H groups in total. The number of likely N-dealkylation sites (N-methyl/N-ethyl adjacent to an activating group) is 1. The van der Waals surface area contributed by atoms with Gasteiger partial charge in [-0.2, -0.15) is 10.4 Å². The molecule has 2 aromatic carbocycles. The Labute approximate surface area is 181 Å². The SMILES string of the molecule is CCN1CCN(c2ccc(/C(C)=N\NC(=O)COc3ccccc3C#N)cc2F)CC1. The molecule has 31 heavy (non-hydrogen) atoms. The van der Waals surface area contributed by atoms with Crippen molar-refractivity contribution in [3.63, 3.8) is 0 Å². The molecule has 0 aromatic heterocycles. The van der Waals surface area contributed by atoms with Crippen LogP contribution in [0.4, 0.5) is 10.1 Å². The van der Waals surface area contributed by atoms with Gasteiger partial charge in [-0.25, -0.2) is 9.82 Å². The third kappa shape index (κ3) is 5.80. The van der Waals surface area contributed by atoms with Crippen LogP contribution < -0.4 is 15.1 Å². The van der Waals surface area contributed by atoms with Gasteiger partial charge in [0.15, 0.2) is 6.61 Å². The molecule has 8 heteroatoms. The number of ether oxygens (including phenoxy) is 1. The number of benzene rings is 2. The van der Waals surface area contributed by atoms with E-state index in [-0.39, 0.29) is 12.4 Å². The van der Waals surface area contributed by atoms with E-state index in [1.807, 2.05) is 6.07 Å². The van der Waals surface area contributed by atoms with E-state index in [4.69, 9.17) is 10.00 Å². The number of carbonyl (C=O) groups excluding carboxylic acids is 1. The van der Waals surface area contributed by atoms with Crippen molar-refractivity contribution in [1.82, 2.24) is 10.3 Å². The first-order valence-electron chi connectivity index (χ1n) is 10.2. The van der Waals surface area contributed by atoms with E-state index in [1.54, 1.807) is 43.3 Å².